The number of ether oxygens (including phenoxy) is 2. The van der Waals surface area contributed by atoms with Crippen LogP contribution in [0.25, 0.3) is 0 Å². The topological polar surface area (TPSA) is 133 Å². The molecule has 4 amide bonds. The highest BCUT2D eigenvalue weighted by Gasteiger charge is 2.43. The number of amides is 4. The van der Waals surface area contributed by atoms with Gasteiger partial charge in [-0.1, -0.05) is 85.2 Å². The summed E-state index contributed by atoms with van der Waals surface area (Å²) in [6.45, 7) is 14.3. The van der Waals surface area contributed by atoms with Gasteiger partial charge in [-0.2, -0.15) is 0 Å². The molecule has 13 heteroatoms. The molecule has 2 heterocycles. The number of carbonyl (C=O) groups is 4. The number of nitrogens with one attached hydrogen (secondary N) is 2. The summed E-state index contributed by atoms with van der Waals surface area (Å²) in [5, 5.41) is 9.02. The Balaban J connectivity index is 1.79. The van der Waals surface area contributed by atoms with Crippen LogP contribution in [0.15, 0.2) is 41.9 Å². The molecule has 2 N–H and O–H groups in total. The molecule has 12 nitrogen and oxygen atoms in total. The highest BCUT2D eigenvalue weighted by molar-refractivity contribution is 7.09. The van der Waals surface area contributed by atoms with Gasteiger partial charge in [-0.05, 0) is 56.7 Å². The third-order valence-corrected chi connectivity index (χ3v) is 12.2. The highest BCUT2D eigenvalue weighted by atomic mass is 32.1. The fourth-order valence-electron chi connectivity index (χ4n) is 8.17. The predicted octanol–water partition coefficient (Wildman–Crippen LogP) is 5.19. The summed E-state index contributed by atoms with van der Waals surface area (Å²) in [4.78, 5) is 65.8. The highest BCUT2D eigenvalue weighted by Crippen LogP contribution is 2.30. The largest absolute Gasteiger partial charge is 0.379 e. The van der Waals surface area contributed by atoms with Crippen LogP contribution in [0.5, 0.6) is 0 Å². The Bertz CT molecular complexity index is 1480. The van der Waals surface area contributed by atoms with Crippen LogP contribution in [0, 0.1) is 23.7 Å². The number of benzene rings is 1. The molecule has 1 aliphatic heterocycles. The third kappa shape index (κ3) is 12.1. The molecule has 3 rings (SSSR count). The van der Waals surface area contributed by atoms with Gasteiger partial charge in [-0.25, -0.2) is 4.98 Å². The summed E-state index contributed by atoms with van der Waals surface area (Å²) >= 11 is 1.51. The van der Waals surface area contributed by atoms with Crippen molar-refractivity contribution in [1.29, 1.82) is 0 Å². The summed E-state index contributed by atoms with van der Waals surface area (Å²) in [7, 11) is 8.66. The number of likely N-dealkylation sites (N-methyl/N-ethyl adjacent to an activating group) is 2. The molecule has 1 fully saturated rings. The molecule has 2 aromatic rings. The Kier molecular flexibility index (Phi) is 18.2. The van der Waals surface area contributed by atoms with E-state index in [0.29, 0.717) is 19.4 Å². The fraction of sp³-hybridized carbons (Fsp3) is 0.690. The molecule has 0 saturated carbocycles. The van der Waals surface area contributed by atoms with E-state index in [-0.39, 0.29) is 65.9 Å². The Morgan fingerprint density at radius 2 is 1.62 bits per heavy atom. The number of hydrogen-bond donors (Lipinski definition) is 2. The van der Waals surface area contributed by atoms with E-state index in [0.717, 1.165) is 23.4 Å². The molecule has 55 heavy (non-hydrogen) atoms. The lowest BCUT2D eigenvalue weighted by Crippen LogP contribution is -2.59. The van der Waals surface area contributed by atoms with Crippen molar-refractivity contribution in [2.75, 3.05) is 41.9 Å². The first-order valence-corrected chi connectivity index (χ1v) is 20.8. The molecule has 1 aromatic heterocycles. The molecule has 308 valence electrons. The summed E-state index contributed by atoms with van der Waals surface area (Å²) < 4.78 is 12.1. The Hall–Kier alpha value is -3.39. The number of hydrogen-bond acceptors (Lipinski definition) is 9. The van der Waals surface area contributed by atoms with Crippen molar-refractivity contribution >= 4 is 35.0 Å². The van der Waals surface area contributed by atoms with E-state index < -0.39 is 30.2 Å². The first-order chi connectivity index (χ1) is 26.1. The fourth-order valence-corrected chi connectivity index (χ4v) is 8.86. The van der Waals surface area contributed by atoms with E-state index in [1.165, 1.54) is 11.3 Å². The van der Waals surface area contributed by atoms with Gasteiger partial charge in [-0.3, -0.25) is 24.1 Å². The molecule has 0 radical (unpaired) electrons. The molecule has 1 aliphatic rings. The van der Waals surface area contributed by atoms with Gasteiger partial charge < -0.3 is 29.9 Å². The van der Waals surface area contributed by atoms with Crippen LogP contribution in [0.2, 0.25) is 0 Å². The smallest absolute Gasteiger partial charge is 0.245 e. The normalized spacial score (nSPS) is 19.0. The maximum Gasteiger partial charge on any atom is 0.245 e. The van der Waals surface area contributed by atoms with Gasteiger partial charge in [0, 0.05) is 39.4 Å². The van der Waals surface area contributed by atoms with Crippen molar-refractivity contribution in [3.8, 4) is 0 Å². The number of aromatic nitrogens is 1. The summed E-state index contributed by atoms with van der Waals surface area (Å²) in [6.07, 6.45) is 3.49. The van der Waals surface area contributed by atoms with Crippen LogP contribution in [-0.4, -0.2) is 122 Å². The van der Waals surface area contributed by atoms with Gasteiger partial charge >= 0.3 is 0 Å². The lowest BCUT2D eigenvalue weighted by Gasteiger charge is -2.41. The zero-order chi connectivity index (χ0) is 41.0. The molecular weight excluding hydrogens is 717 g/mol. The molecule has 0 bridgehead atoms. The Morgan fingerprint density at radius 3 is 2.15 bits per heavy atom. The van der Waals surface area contributed by atoms with Crippen LogP contribution in [0.4, 0.5) is 0 Å². The maximum atomic E-state index is 14.3. The monoisotopic (exact) mass is 784 g/mol. The molecule has 0 unspecified atom stereocenters. The lowest BCUT2D eigenvalue weighted by molar-refractivity contribution is -0.148. The van der Waals surface area contributed by atoms with Crippen LogP contribution in [-0.2, 0) is 35.1 Å². The zero-order valence-corrected chi connectivity index (χ0v) is 36.1. The minimum atomic E-state index is -0.751. The van der Waals surface area contributed by atoms with E-state index in [1.807, 2.05) is 94.2 Å². The second kappa shape index (κ2) is 21.8. The van der Waals surface area contributed by atoms with E-state index >= 15 is 0 Å². The minimum Gasteiger partial charge on any atom is -0.379 e. The van der Waals surface area contributed by atoms with E-state index in [2.05, 4.69) is 29.5 Å². The van der Waals surface area contributed by atoms with Gasteiger partial charge in [-0.15, -0.1) is 11.3 Å². The van der Waals surface area contributed by atoms with Crippen LogP contribution in [0.3, 0.4) is 0 Å². The van der Waals surface area contributed by atoms with E-state index in [1.54, 1.807) is 32.4 Å². The van der Waals surface area contributed by atoms with Crippen molar-refractivity contribution in [1.82, 2.24) is 30.3 Å². The first kappa shape index (κ1) is 46.0. The predicted molar refractivity (Wildman–Crippen MR) is 218 cm³/mol. The second-order valence-corrected chi connectivity index (χ2v) is 17.0. The number of likely N-dealkylation sites (tertiary alicyclic amines) is 1. The summed E-state index contributed by atoms with van der Waals surface area (Å²) in [6, 6.07) is 7.83. The van der Waals surface area contributed by atoms with Crippen molar-refractivity contribution in [3.63, 3.8) is 0 Å². The van der Waals surface area contributed by atoms with Crippen molar-refractivity contribution in [2.45, 2.75) is 123 Å². The average Bonchev–Trinajstić information content (AvgIpc) is 3.87. The van der Waals surface area contributed by atoms with Gasteiger partial charge in [0.2, 0.25) is 23.6 Å². The second-order valence-electron chi connectivity index (χ2n) is 16.1. The Morgan fingerprint density at radius 1 is 0.945 bits per heavy atom. The zero-order valence-electron chi connectivity index (χ0n) is 35.3. The van der Waals surface area contributed by atoms with Gasteiger partial charge in [0.25, 0.3) is 0 Å². The molecule has 9 atom stereocenters. The standard InChI is InChI=1S/C42H68N6O6S/c1-13-28(6)37(47(10)42(52)35(26(2)3)45-40(51)36(27(4)5)46(8)9)33(53-11)25-34(49)48-22-17-20-32(48)38(54-12)29(7)39(50)44-31(41-43-21-23-55-41)24-30-18-15-14-16-19-30/h14-16,18-19,21,23,26-29,31-33,35-38H,13,17,20,22,24-25H2,1-12H3,(H,44,50)(H,45,51)/t28-,29-,31-,32-,33-,35-,36-,37-,38+/m0/s1. The van der Waals surface area contributed by atoms with Crippen LogP contribution < -0.4 is 10.6 Å². The van der Waals surface area contributed by atoms with Crippen molar-refractivity contribution in [2.24, 2.45) is 23.7 Å². The summed E-state index contributed by atoms with van der Waals surface area (Å²) in [5.41, 5.74) is 1.09. The van der Waals surface area contributed by atoms with Gasteiger partial charge in [0.05, 0.1) is 48.7 Å². The molecule has 0 spiro atoms. The van der Waals surface area contributed by atoms with Gasteiger partial charge in [0.1, 0.15) is 11.0 Å². The SMILES string of the molecule is CC[C@H](C)[C@@H]([C@H](CC(=O)N1CCC[C@H]1[C@H](OC)[C@H](C)C(=O)N[C@@H](Cc1ccccc1)c1nccs1)OC)N(C)C(=O)[C@@H](NC(=O)[C@H](C(C)C)N(C)C)C(C)C. The number of carbonyl (C=O) groups excluding carboxylic acids is 4. The first-order valence-electron chi connectivity index (χ1n) is 19.9. The molecular formula is C42H68N6O6S. The number of methoxy groups -OCH3 is 2. The van der Waals surface area contributed by atoms with Crippen molar-refractivity contribution < 1.29 is 28.7 Å². The van der Waals surface area contributed by atoms with Crippen LogP contribution in [0.1, 0.15) is 90.8 Å². The maximum absolute atomic E-state index is 14.3. The van der Waals surface area contributed by atoms with Gasteiger partial charge in [0.15, 0.2) is 0 Å². The average molecular weight is 785 g/mol. The quantitative estimate of drug-likeness (QED) is 0.177. The summed E-state index contributed by atoms with van der Waals surface area (Å²) in [5.74, 6) is -1.35. The number of rotatable bonds is 21. The Labute approximate surface area is 334 Å². The molecule has 0 aliphatic carbocycles. The third-order valence-electron chi connectivity index (χ3n) is 11.3. The van der Waals surface area contributed by atoms with E-state index in [9.17, 15) is 19.2 Å². The lowest BCUT2D eigenvalue weighted by atomic mass is 9.89. The van der Waals surface area contributed by atoms with E-state index in [4.69, 9.17) is 9.47 Å². The van der Waals surface area contributed by atoms with Crippen LogP contribution >= 0.6 is 11.3 Å². The molecule has 1 saturated heterocycles. The molecule has 1 aromatic carbocycles. The van der Waals surface area contributed by atoms with Crippen molar-refractivity contribution in [3.05, 3.63) is 52.5 Å². The number of thiazole rings is 1. The minimum absolute atomic E-state index is 0.00751. The number of nitrogens with zero attached hydrogens (tertiary/aromatic N) is 4.